The zero-order valence-electron chi connectivity index (χ0n) is 36.0. The first-order chi connectivity index (χ1) is 29.0. The molecule has 1 aromatic heterocycles. The Balaban J connectivity index is 1.54. The van der Waals surface area contributed by atoms with Crippen molar-refractivity contribution in [3.05, 3.63) is 95.5 Å². The zero-order valence-corrected chi connectivity index (χ0v) is 38.3. The summed E-state index contributed by atoms with van der Waals surface area (Å²) in [6, 6.07) is 18.2. The molecule has 0 spiro atoms. The average Bonchev–Trinajstić information content (AvgIpc) is 3.61. The standard InChI is InChI=1S/C45H53Cl2N5O9S/c1-10-11-22-45(8,41(55)51-62(57,58)37-31(46)18-15-19-32(37)47)50-39(53)35-24-29(26-52(35)40(54)38(43(2,3)4)49-42(56)61-44(5,6)7)60-36-25-33(27-16-13-12-14-17-27)48-34-23-28(59-9)20-21-30(34)36/h10,12-21,23,25,29,35,38H,1,11,22,24,26H2,2-9H3,(H,49,56)(H,50,53)(H,51,55)/t29-,35+,38-,45+/m1/s1. The van der Waals surface area contributed by atoms with Crippen molar-refractivity contribution in [1.29, 1.82) is 0 Å². The molecule has 1 saturated heterocycles. The van der Waals surface area contributed by atoms with E-state index in [0.717, 1.165) is 5.56 Å². The highest BCUT2D eigenvalue weighted by atomic mass is 35.5. The van der Waals surface area contributed by atoms with Crippen molar-refractivity contribution in [3.8, 4) is 22.8 Å². The molecule has 0 radical (unpaired) electrons. The number of carbonyl (C=O) groups is 4. The Hall–Kier alpha value is -5.38. The van der Waals surface area contributed by atoms with Crippen molar-refractivity contribution in [2.75, 3.05) is 13.7 Å². The maximum Gasteiger partial charge on any atom is 0.408 e. The van der Waals surface area contributed by atoms with Gasteiger partial charge in [0.1, 0.15) is 45.7 Å². The van der Waals surface area contributed by atoms with Crippen LogP contribution >= 0.6 is 23.2 Å². The van der Waals surface area contributed by atoms with Crippen molar-refractivity contribution in [2.24, 2.45) is 5.41 Å². The molecule has 0 aliphatic carbocycles. The van der Waals surface area contributed by atoms with Gasteiger partial charge < -0.3 is 29.7 Å². The summed E-state index contributed by atoms with van der Waals surface area (Å²) < 4.78 is 46.8. The average molecular weight is 911 g/mol. The molecule has 332 valence electrons. The van der Waals surface area contributed by atoms with Crippen LogP contribution in [0.25, 0.3) is 22.2 Å². The van der Waals surface area contributed by atoms with Crippen LogP contribution in [-0.4, -0.2) is 85.1 Å². The van der Waals surface area contributed by atoms with Crippen LogP contribution in [0, 0.1) is 5.41 Å². The molecule has 4 amide bonds. The van der Waals surface area contributed by atoms with Crippen LogP contribution in [0.1, 0.15) is 67.7 Å². The maximum atomic E-state index is 14.8. The van der Waals surface area contributed by atoms with E-state index in [4.69, 9.17) is 42.4 Å². The van der Waals surface area contributed by atoms with E-state index in [9.17, 15) is 27.6 Å². The smallest absolute Gasteiger partial charge is 0.408 e. The molecule has 62 heavy (non-hydrogen) atoms. The van der Waals surface area contributed by atoms with Gasteiger partial charge in [-0.15, -0.1) is 6.58 Å². The number of ether oxygens (including phenoxy) is 3. The molecule has 0 bridgehead atoms. The van der Waals surface area contributed by atoms with Gasteiger partial charge in [0.05, 0.1) is 34.9 Å². The quantitative estimate of drug-likeness (QED) is 0.105. The SMILES string of the molecule is C=CCC[C@](C)(NC(=O)[C@@H]1C[C@@H](Oc2cc(-c3ccccc3)nc3cc(OC)ccc23)CN1C(=O)[C@@H](NC(=O)OC(C)(C)C)C(C)(C)C)C(=O)NS(=O)(=O)c1c(Cl)cccc1Cl. The predicted molar refractivity (Wildman–Crippen MR) is 239 cm³/mol. The second-order valence-electron chi connectivity index (χ2n) is 17.3. The van der Waals surface area contributed by atoms with E-state index in [-0.39, 0.29) is 35.9 Å². The van der Waals surface area contributed by atoms with Crippen LogP contribution in [0.15, 0.2) is 90.3 Å². The molecule has 0 saturated carbocycles. The summed E-state index contributed by atoms with van der Waals surface area (Å²) in [5, 5.41) is 5.67. The van der Waals surface area contributed by atoms with E-state index >= 15 is 0 Å². The van der Waals surface area contributed by atoms with Crippen molar-refractivity contribution in [2.45, 2.75) is 102 Å². The van der Waals surface area contributed by atoms with Crippen LogP contribution in [0.5, 0.6) is 11.5 Å². The number of hydrogen-bond donors (Lipinski definition) is 3. The molecule has 3 N–H and O–H groups in total. The Morgan fingerprint density at radius 2 is 1.61 bits per heavy atom. The Bertz CT molecular complexity index is 2440. The molecule has 0 unspecified atom stereocenters. The fraction of sp³-hybridized carbons (Fsp3) is 0.400. The molecular weight excluding hydrogens is 857 g/mol. The number of likely N-dealkylation sites (tertiary alicyclic amines) is 1. The molecular formula is C45H53Cl2N5O9S. The molecule has 5 rings (SSSR count). The fourth-order valence-electron chi connectivity index (χ4n) is 6.96. The van der Waals surface area contributed by atoms with Gasteiger partial charge in [-0.3, -0.25) is 14.4 Å². The number of hydrogen-bond acceptors (Lipinski definition) is 10. The molecule has 3 aromatic carbocycles. The Morgan fingerprint density at radius 3 is 2.21 bits per heavy atom. The molecule has 2 heterocycles. The predicted octanol–water partition coefficient (Wildman–Crippen LogP) is 7.85. The number of allylic oxidation sites excluding steroid dienone is 1. The minimum atomic E-state index is -4.64. The van der Waals surface area contributed by atoms with Crippen molar-refractivity contribution < 1.29 is 41.8 Å². The largest absolute Gasteiger partial charge is 0.497 e. The number of methoxy groups -OCH3 is 1. The Morgan fingerprint density at radius 1 is 0.952 bits per heavy atom. The number of nitrogens with one attached hydrogen (secondary N) is 3. The number of pyridine rings is 1. The van der Waals surface area contributed by atoms with Gasteiger partial charge in [-0.05, 0) is 70.2 Å². The van der Waals surface area contributed by atoms with Gasteiger partial charge in [0.15, 0.2) is 0 Å². The first kappa shape index (κ1) is 47.7. The molecule has 1 aliphatic rings. The van der Waals surface area contributed by atoms with E-state index in [2.05, 4.69) is 17.2 Å². The summed E-state index contributed by atoms with van der Waals surface area (Å²) in [6.45, 7) is 15.3. The first-order valence-corrected chi connectivity index (χ1v) is 22.2. The minimum absolute atomic E-state index is 0.0613. The van der Waals surface area contributed by atoms with Gasteiger partial charge in [0.2, 0.25) is 11.8 Å². The van der Waals surface area contributed by atoms with E-state index < -0.39 is 73.5 Å². The number of halogens is 2. The van der Waals surface area contributed by atoms with E-state index in [0.29, 0.717) is 28.1 Å². The summed E-state index contributed by atoms with van der Waals surface area (Å²) in [7, 11) is -3.09. The zero-order chi connectivity index (χ0) is 45.8. The first-order valence-electron chi connectivity index (χ1n) is 19.9. The van der Waals surface area contributed by atoms with Crippen LogP contribution in [-0.2, 0) is 29.1 Å². The number of benzene rings is 3. The van der Waals surface area contributed by atoms with Gasteiger partial charge in [-0.2, -0.15) is 0 Å². The van der Waals surface area contributed by atoms with Crippen LogP contribution in [0.2, 0.25) is 10.0 Å². The third-order valence-corrected chi connectivity index (χ3v) is 12.4. The summed E-state index contributed by atoms with van der Waals surface area (Å²) in [5.41, 5.74) is -1.63. The summed E-state index contributed by atoms with van der Waals surface area (Å²) in [5.74, 6) is -1.48. The van der Waals surface area contributed by atoms with Crippen molar-refractivity contribution in [1.82, 2.24) is 25.2 Å². The fourth-order valence-corrected chi connectivity index (χ4v) is 9.18. The molecule has 1 fully saturated rings. The third kappa shape index (κ3) is 11.4. The minimum Gasteiger partial charge on any atom is -0.497 e. The lowest BCUT2D eigenvalue weighted by Gasteiger charge is -2.36. The summed E-state index contributed by atoms with van der Waals surface area (Å²) in [4.78, 5) is 62.4. The van der Waals surface area contributed by atoms with Crippen LogP contribution in [0.3, 0.4) is 0 Å². The highest BCUT2D eigenvalue weighted by Gasteiger charge is 2.48. The van der Waals surface area contributed by atoms with Crippen LogP contribution in [0.4, 0.5) is 4.79 Å². The summed E-state index contributed by atoms with van der Waals surface area (Å²) in [6.07, 6.45) is -0.0792. The lowest BCUT2D eigenvalue weighted by Crippen LogP contribution is -2.62. The second kappa shape index (κ2) is 18.9. The van der Waals surface area contributed by atoms with Gasteiger partial charge in [-0.25, -0.2) is 22.9 Å². The number of fused-ring (bicyclic) bond motifs is 1. The monoisotopic (exact) mass is 909 g/mol. The van der Waals surface area contributed by atoms with E-state index in [1.165, 1.54) is 36.1 Å². The molecule has 4 aromatic rings. The van der Waals surface area contributed by atoms with Gasteiger partial charge in [-0.1, -0.05) is 86.4 Å². The second-order valence-corrected chi connectivity index (χ2v) is 19.7. The molecule has 17 heteroatoms. The van der Waals surface area contributed by atoms with Gasteiger partial charge >= 0.3 is 6.09 Å². The van der Waals surface area contributed by atoms with Crippen LogP contribution < -0.4 is 24.8 Å². The number of amides is 4. The Kier molecular flexibility index (Phi) is 14.6. The van der Waals surface area contributed by atoms with Crippen molar-refractivity contribution >= 4 is 67.9 Å². The van der Waals surface area contributed by atoms with E-state index in [1.807, 2.05) is 35.1 Å². The number of rotatable bonds is 14. The number of alkyl carbamates (subject to hydrolysis) is 1. The summed E-state index contributed by atoms with van der Waals surface area (Å²) >= 11 is 12.4. The lowest BCUT2D eigenvalue weighted by molar-refractivity contribution is -0.143. The number of nitrogens with zero attached hydrogens (tertiary/aromatic N) is 2. The van der Waals surface area contributed by atoms with Crippen molar-refractivity contribution in [3.63, 3.8) is 0 Å². The Labute approximate surface area is 372 Å². The highest BCUT2D eigenvalue weighted by Crippen LogP contribution is 2.36. The number of sulfonamides is 1. The lowest BCUT2D eigenvalue weighted by atomic mass is 9.85. The highest BCUT2D eigenvalue weighted by molar-refractivity contribution is 7.90. The van der Waals surface area contributed by atoms with E-state index in [1.54, 1.807) is 72.9 Å². The topological polar surface area (TPSA) is 182 Å². The molecule has 1 aliphatic heterocycles. The maximum absolute atomic E-state index is 14.8. The van der Waals surface area contributed by atoms with Gasteiger partial charge in [0.25, 0.3) is 15.9 Å². The number of carbonyl (C=O) groups excluding carboxylic acids is 4. The normalized spacial score (nSPS) is 17.0. The molecule has 4 atom stereocenters. The van der Waals surface area contributed by atoms with Gasteiger partial charge in [0, 0.05) is 29.5 Å². The molecule has 14 nitrogen and oxygen atoms in total. The number of aromatic nitrogens is 1. The third-order valence-electron chi connectivity index (χ3n) is 10.1.